The Hall–Kier alpha value is -2.97. The molecule has 0 unspecified atom stereocenters. The second-order valence-electron chi connectivity index (χ2n) is 6.50. The number of non-ortho nitro benzene ring substituents is 1. The van der Waals surface area contributed by atoms with Gasteiger partial charge in [0.05, 0.1) is 30.0 Å². The molecule has 0 radical (unpaired) electrons. The summed E-state index contributed by atoms with van der Waals surface area (Å²) in [6.45, 7) is 3.31. The summed E-state index contributed by atoms with van der Waals surface area (Å²) in [6.07, 6.45) is 1.66. The molecule has 7 nitrogen and oxygen atoms in total. The lowest BCUT2D eigenvalue weighted by molar-refractivity contribution is -0.384. The second kappa shape index (κ2) is 8.59. The van der Waals surface area contributed by atoms with Crippen LogP contribution in [0.3, 0.4) is 0 Å². The predicted octanol–water partition coefficient (Wildman–Crippen LogP) is 5.20. The molecule has 148 valence electrons. The minimum absolute atomic E-state index is 0.0227. The van der Waals surface area contributed by atoms with Crippen LogP contribution >= 0.6 is 15.9 Å². The molecule has 3 aromatic rings. The number of benzene rings is 2. The van der Waals surface area contributed by atoms with Crippen molar-refractivity contribution in [2.75, 3.05) is 31.2 Å². The van der Waals surface area contributed by atoms with Crippen LogP contribution in [-0.4, -0.2) is 37.4 Å². The van der Waals surface area contributed by atoms with Gasteiger partial charge in [0.25, 0.3) is 5.69 Å². The molecular formula is C21H18BrN3O4. The lowest BCUT2D eigenvalue weighted by Gasteiger charge is -2.28. The van der Waals surface area contributed by atoms with E-state index in [1.165, 1.54) is 12.1 Å². The van der Waals surface area contributed by atoms with E-state index in [-0.39, 0.29) is 5.69 Å². The van der Waals surface area contributed by atoms with Gasteiger partial charge in [-0.05, 0) is 58.4 Å². The number of ether oxygens (including phenoxy) is 1. The number of rotatable bonds is 5. The van der Waals surface area contributed by atoms with Crippen LogP contribution < -0.4 is 4.90 Å². The molecule has 29 heavy (non-hydrogen) atoms. The highest BCUT2D eigenvalue weighted by Gasteiger charge is 2.13. The van der Waals surface area contributed by atoms with Crippen LogP contribution in [0.5, 0.6) is 0 Å². The smallest absolute Gasteiger partial charge is 0.270 e. The number of halogens is 1. The Bertz CT molecular complexity index is 1040. The molecule has 2 heterocycles. The van der Waals surface area contributed by atoms with Crippen molar-refractivity contribution in [2.45, 2.75) is 0 Å². The minimum atomic E-state index is -0.431. The number of morpholine rings is 1. The number of furan rings is 1. The van der Waals surface area contributed by atoms with Crippen LogP contribution in [-0.2, 0) is 4.74 Å². The molecular weight excluding hydrogens is 438 g/mol. The van der Waals surface area contributed by atoms with Gasteiger partial charge in [-0.15, -0.1) is 0 Å². The van der Waals surface area contributed by atoms with Gasteiger partial charge >= 0.3 is 0 Å². The first kappa shape index (κ1) is 19.4. The highest BCUT2D eigenvalue weighted by molar-refractivity contribution is 9.10. The maximum absolute atomic E-state index is 10.9. The zero-order valence-electron chi connectivity index (χ0n) is 15.5. The van der Waals surface area contributed by atoms with Crippen molar-refractivity contribution < 1.29 is 14.1 Å². The molecule has 4 rings (SSSR count). The molecule has 0 bridgehead atoms. The summed E-state index contributed by atoms with van der Waals surface area (Å²) in [4.78, 5) is 17.2. The Morgan fingerprint density at radius 1 is 1.07 bits per heavy atom. The van der Waals surface area contributed by atoms with Crippen molar-refractivity contribution in [3.8, 4) is 11.3 Å². The van der Waals surface area contributed by atoms with Gasteiger partial charge in [0.15, 0.2) is 0 Å². The molecule has 1 fully saturated rings. The molecule has 0 amide bonds. The third-order valence-corrected chi connectivity index (χ3v) is 5.28. The van der Waals surface area contributed by atoms with Crippen LogP contribution in [0.25, 0.3) is 11.3 Å². The van der Waals surface area contributed by atoms with Crippen molar-refractivity contribution >= 4 is 39.2 Å². The van der Waals surface area contributed by atoms with Gasteiger partial charge in [0, 0.05) is 40.9 Å². The highest BCUT2D eigenvalue weighted by atomic mass is 79.9. The van der Waals surface area contributed by atoms with Crippen LogP contribution in [0.15, 0.2) is 68.5 Å². The first-order chi connectivity index (χ1) is 14.1. The van der Waals surface area contributed by atoms with Crippen molar-refractivity contribution in [3.05, 3.63) is 74.9 Å². The van der Waals surface area contributed by atoms with Gasteiger partial charge in [-0.1, -0.05) is 0 Å². The van der Waals surface area contributed by atoms with E-state index in [0.29, 0.717) is 16.0 Å². The van der Waals surface area contributed by atoms with Gasteiger partial charge in [0.1, 0.15) is 11.5 Å². The zero-order chi connectivity index (χ0) is 20.2. The monoisotopic (exact) mass is 455 g/mol. The number of hydrogen-bond donors (Lipinski definition) is 0. The molecule has 0 N–H and O–H groups in total. The number of anilines is 1. The van der Waals surface area contributed by atoms with Crippen molar-refractivity contribution in [2.24, 2.45) is 4.99 Å². The third kappa shape index (κ3) is 4.55. The topological polar surface area (TPSA) is 81.1 Å². The highest BCUT2D eigenvalue weighted by Crippen LogP contribution is 2.32. The molecule has 1 aliphatic rings. The van der Waals surface area contributed by atoms with E-state index in [1.807, 2.05) is 24.3 Å². The van der Waals surface area contributed by atoms with E-state index in [4.69, 9.17) is 9.15 Å². The Morgan fingerprint density at radius 3 is 2.52 bits per heavy atom. The third-order valence-electron chi connectivity index (χ3n) is 4.62. The summed E-state index contributed by atoms with van der Waals surface area (Å²) in [5, 5.41) is 10.9. The fraction of sp³-hybridized carbons (Fsp3) is 0.190. The number of aliphatic imine (C=N–C) groups is 1. The van der Waals surface area contributed by atoms with Gasteiger partial charge in [-0.2, -0.15) is 0 Å². The van der Waals surface area contributed by atoms with E-state index in [1.54, 1.807) is 12.3 Å². The Labute approximate surface area is 175 Å². The Kier molecular flexibility index (Phi) is 5.73. The quantitative estimate of drug-likeness (QED) is 0.299. The summed E-state index contributed by atoms with van der Waals surface area (Å²) in [5.41, 5.74) is 2.76. The lowest BCUT2D eigenvalue weighted by Crippen LogP contribution is -2.36. The summed E-state index contributed by atoms with van der Waals surface area (Å²) in [7, 11) is 0. The molecule has 0 atom stereocenters. The molecule has 0 saturated carbocycles. The van der Waals surface area contributed by atoms with Crippen LogP contribution in [0.2, 0.25) is 0 Å². The lowest BCUT2D eigenvalue weighted by atomic mass is 10.1. The maximum atomic E-state index is 10.9. The van der Waals surface area contributed by atoms with Gasteiger partial charge < -0.3 is 14.1 Å². The van der Waals surface area contributed by atoms with Crippen molar-refractivity contribution in [1.29, 1.82) is 0 Å². The zero-order valence-corrected chi connectivity index (χ0v) is 17.0. The maximum Gasteiger partial charge on any atom is 0.270 e. The van der Waals surface area contributed by atoms with E-state index in [0.717, 1.165) is 43.2 Å². The largest absolute Gasteiger partial charge is 0.455 e. The van der Waals surface area contributed by atoms with E-state index < -0.39 is 4.92 Å². The number of hydrogen-bond acceptors (Lipinski definition) is 6. The van der Waals surface area contributed by atoms with E-state index in [9.17, 15) is 10.1 Å². The second-order valence-corrected chi connectivity index (χ2v) is 7.35. The average Bonchev–Trinajstić information content (AvgIpc) is 3.22. The van der Waals surface area contributed by atoms with Gasteiger partial charge in [0.2, 0.25) is 0 Å². The standard InChI is InChI=1S/C21H18BrN3O4/c22-20-13-17(25(26)27)5-7-19(20)21-8-6-18(29-21)14-23-15-1-3-16(4-2-15)24-9-11-28-12-10-24/h1-8,13-14H,9-12H2. The number of nitro benzene ring substituents is 1. The van der Waals surface area contributed by atoms with Crippen LogP contribution in [0.1, 0.15) is 5.76 Å². The fourth-order valence-corrected chi connectivity index (χ4v) is 3.66. The number of nitro groups is 1. The molecule has 1 saturated heterocycles. The van der Waals surface area contributed by atoms with Gasteiger partial charge in [-0.3, -0.25) is 15.1 Å². The first-order valence-corrected chi connectivity index (χ1v) is 9.90. The van der Waals surface area contributed by atoms with Crippen molar-refractivity contribution in [1.82, 2.24) is 0 Å². The van der Waals surface area contributed by atoms with E-state index >= 15 is 0 Å². The van der Waals surface area contributed by atoms with Crippen LogP contribution in [0.4, 0.5) is 17.1 Å². The Balaban J connectivity index is 1.46. The summed E-state index contributed by atoms with van der Waals surface area (Å²) < 4.78 is 11.8. The van der Waals surface area contributed by atoms with Crippen LogP contribution in [0, 0.1) is 10.1 Å². The number of nitrogens with zero attached hydrogens (tertiary/aromatic N) is 3. The normalized spacial score (nSPS) is 14.4. The Morgan fingerprint density at radius 2 is 1.83 bits per heavy atom. The molecule has 0 spiro atoms. The molecule has 1 aromatic heterocycles. The van der Waals surface area contributed by atoms with Gasteiger partial charge in [-0.25, -0.2) is 0 Å². The SMILES string of the molecule is O=[N+]([O-])c1ccc(-c2ccc(C=Nc3ccc(N4CCOCC4)cc3)o2)c(Br)c1. The first-order valence-electron chi connectivity index (χ1n) is 9.11. The summed E-state index contributed by atoms with van der Waals surface area (Å²) in [6, 6.07) is 16.2. The van der Waals surface area contributed by atoms with E-state index in [2.05, 4.69) is 38.0 Å². The minimum Gasteiger partial charge on any atom is -0.455 e. The molecule has 0 aliphatic carbocycles. The molecule has 2 aromatic carbocycles. The summed E-state index contributed by atoms with van der Waals surface area (Å²) in [5.74, 6) is 1.21. The fourth-order valence-electron chi connectivity index (χ4n) is 3.09. The molecule has 1 aliphatic heterocycles. The summed E-state index contributed by atoms with van der Waals surface area (Å²) >= 11 is 3.37. The average molecular weight is 456 g/mol. The van der Waals surface area contributed by atoms with Crippen molar-refractivity contribution in [3.63, 3.8) is 0 Å². The predicted molar refractivity (Wildman–Crippen MR) is 115 cm³/mol. The molecule has 8 heteroatoms.